The van der Waals surface area contributed by atoms with E-state index in [9.17, 15) is 14.0 Å². The van der Waals surface area contributed by atoms with Crippen molar-refractivity contribution in [1.29, 1.82) is 0 Å². The Bertz CT molecular complexity index is 974. The molecular weight excluding hydrogens is 429 g/mol. The van der Waals surface area contributed by atoms with Crippen molar-refractivity contribution < 1.29 is 14.0 Å². The average molecular weight is 466 g/mol. The smallest absolute Gasteiger partial charge is 0.255 e. The first kappa shape index (κ1) is 24.4. The van der Waals surface area contributed by atoms with Crippen LogP contribution in [0, 0.1) is 5.82 Å². The van der Waals surface area contributed by atoms with Crippen LogP contribution in [0.5, 0.6) is 0 Å². The Labute approximate surface area is 202 Å². The number of carbonyl (C=O) groups is 2. The minimum absolute atomic E-state index is 0.0978. The van der Waals surface area contributed by atoms with Crippen molar-refractivity contribution >= 4 is 17.5 Å². The van der Waals surface area contributed by atoms with E-state index in [-0.39, 0.29) is 24.4 Å². The number of allylic oxidation sites excluding steroid dienone is 2. The topological polar surface area (TPSA) is 52.7 Å². The highest BCUT2D eigenvalue weighted by Gasteiger charge is 2.46. The van der Waals surface area contributed by atoms with Crippen LogP contribution in [0.15, 0.2) is 60.3 Å². The number of hydrogen-bond donors (Lipinski definition) is 1. The zero-order chi connectivity index (χ0) is 24.1. The molecule has 1 N–H and O–H groups in total. The monoisotopic (exact) mass is 465 g/mol. The Morgan fingerprint density at radius 2 is 1.88 bits per heavy atom. The number of carbonyl (C=O) groups excluding carboxylic acids is 2. The molecule has 0 aromatic heterocycles. The van der Waals surface area contributed by atoms with Crippen molar-refractivity contribution in [1.82, 2.24) is 10.2 Å². The van der Waals surface area contributed by atoms with Crippen LogP contribution in [-0.2, 0) is 9.59 Å². The lowest BCUT2D eigenvalue weighted by Crippen LogP contribution is -2.52. The molecule has 4 rings (SSSR count). The lowest BCUT2D eigenvalue weighted by Gasteiger charge is -2.34. The first-order valence-corrected chi connectivity index (χ1v) is 12.7. The molecule has 0 saturated heterocycles. The van der Waals surface area contributed by atoms with Crippen molar-refractivity contribution in [2.75, 3.05) is 11.4 Å². The summed E-state index contributed by atoms with van der Waals surface area (Å²) in [6.45, 7) is 6.02. The molecule has 1 aliphatic heterocycles. The maximum atomic E-state index is 14.3. The SMILES string of the molecule is C=CC1=C(/C=C\C)C(N(C(=O)CNC2CCCC2)c2cccc(F)c2)C(=O)N1C1CCCCC1. The fourth-order valence-corrected chi connectivity index (χ4v) is 5.71. The summed E-state index contributed by atoms with van der Waals surface area (Å²) in [5.41, 5.74) is 1.90. The standard InChI is InChI=1S/C28H36FN3O2/c1-3-11-24-25(4-2)31(22-15-6-5-7-16-22)28(34)27(24)32(23-17-10-12-20(29)18-23)26(33)19-30-21-13-8-9-14-21/h3-4,10-12,17-18,21-22,27,30H,2,5-9,13-16,19H2,1H3/b11-3-. The van der Waals surface area contributed by atoms with Gasteiger partial charge in [-0.15, -0.1) is 0 Å². The van der Waals surface area contributed by atoms with Gasteiger partial charge in [-0.05, 0) is 56.9 Å². The number of rotatable bonds is 8. The lowest BCUT2D eigenvalue weighted by molar-refractivity contribution is -0.132. The molecule has 6 heteroatoms. The molecule has 0 spiro atoms. The number of anilines is 1. The molecular formula is C28H36FN3O2. The normalized spacial score (nSPS) is 22.2. The Hall–Kier alpha value is -2.73. The van der Waals surface area contributed by atoms with Crippen LogP contribution >= 0.6 is 0 Å². The molecule has 1 atom stereocenters. The van der Waals surface area contributed by atoms with Crippen LogP contribution in [-0.4, -0.2) is 41.4 Å². The van der Waals surface area contributed by atoms with E-state index in [0.717, 1.165) is 62.6 Å². The quantitative estimate of drug-likeness (QED) is 0.570. The second-order valence-corrected chi connectivity index (χ2v) is 9.55. The number of nitrogens with zero attached hydrogens (tertiary/aromatic N) is 2. The molecule has 5 nitrogen and oxygen atoms in total. The molecule has 1 heterocycles. The first-order valence-electron chi connectivity index (χ1n) is 12.7. The summed E-state index contributed by atoms with van der Waals surface area (Å²) in [5, 5.41) is 3.37. The Morgan fingerprint density at radius 3 is 2.53 bits per heavy atom. The predicted octanol–water partition coefficient (Wildman–Crippen LogP) is 5.25. The van der Waals surface area contributed by atoms with Crippen LogP contribution in [0.1, 0.15) is 64.7 Å². The second-order valence-electron chi connectivity index (χ2n) is 9.55. The summed E-state index contributed by atoms with van der Waals surface area (Å²) < 4.78 is 14.3. The van der Waals surface area contributed by atoms with Gasteiger partial charge < -0.3 is 10.2 Å². The first-order chi connectivity index (χ1) is 16.5. The van der Waals surface area contributed by atoms with Crippen molar-refractivity contribution in [3.8, 4) is 0 Å². The van der Waals surface area contributed by atoms with Gasteiger partial charge in [0.1, 0.15) is 11.9 Å². The van der Waals surface area contributed by atoms with Gasteiger partial charge in [-0.3, -0.25) is 14.5 Å². The van der Waals surface area contributed by atoms with E-state index in [1.165, 1.54) is 23.5 Å². The van der Waals surface area contributed by atoms with E-state index in [0.29, 0.717) is 11.7 Å². The summed E-state index contributed by atoms with van der Waals surface area (Å²) >= 11 is 0. The zero-order valence-corrected chi connectivity index (χ0v) is 20.1. The summed E-state index contributed by atoms with van der Waals surface area (Å²) in [6.07, 6.45) is 15.2. The number of nitrogens with one attached hydrogen (secondary N) is 1. The molecule has 2 fully saturated rings. The highest BCUT2D eigenvalue weighted by atomic mass is 19.1. The summed E-state index contributed by atoms with van der Waals surface area (Å²) in [4.78, 5) is 31.0. The van der Waals surface area contributed by atoms with Crippen molar-refractivity contribution in [3.63, 3.8) is 0 Å². The molecule has 3 aliphatic rings. The van der Waals surface area contributed by atoms with E-state index in [2.05, 4.69) is 11.9 Å². The van der Waals surface area contributed by atoms with Crippen LogP contribution in [0.2, 0.25) is 0 Å². The van der Waals surface area contributed by atoms with E-state index >= 15 is 0 Å². The fourth-order valence-electron chi connectivity index (χ4n) is 5.71. The van der Waals surface area contributed by atoms with Crippen molar-refractivity contribution in [2.24, 2.45) is 0 Å². The molecule has 1 unspecified atom stereocenters. The van der Waals surface area contributed by atoms with Gasteiger partial charge in [0.25, 0.3) is 5.91 Å². The third-order valence-electron chi connectivity index (χ3n) is 7.31. The van der Waals surface area contributed by atoms with Gasteiger partial charge in [-0.2, -0.15) is 0 Å². The van der Waals surface area contributed by atoms with Gasteiger partial charge in [0.05, 0.1) is 6.54 Å². The van der Waals surface area contributed by atoms with Gasteiger partial charge in [0, 0.05) is 29.0 Å². The lowest BCUT2D eigenvalue weighted by atomic mass is 9.94. The largest absolute Gasteiger partial charge is 0.307 e. The highest BCUT2D eigenvalue weighted by molar-refractivity contribution is 6.06. The minimum atomic E-state index is -0.842. The molecule has 182 valence electrons. The number of hydrogen-bond acceptors (Lipinski definition) is 3. The van der Waals surface area contributed by atoms with Crippen LogP contribution in [0.4, 0.5) is 10.1 Å². The Kier molecular flexibility index (Phi) is 7.99. The predicted molar refractivity (Wildman–Crippen MR) is 134 cm³/mol. The maximum Gasteiger partial charge on any atom is 0.255 e. The van der Waals surface area contributed by atoms with Gasteiger partial charge in [-0.1, -0.05) is 56.9 Å². The molecule has 34 heavy (non-hydrogen) atoms. The molecule has 0 radical (unpaired) electrons. The molecule has 2 saturated carbocycles. The molecule has 1 aromatic rings. The summed E-state index contributed by atoms with van der Waals surface area (Å²) in [5.74, 6) is -0.797. The highest BCUT2D eigenvalue weighted by Crippen LogP contribution is 2.38. The summed E-state index contributed by atoms with van der Waals surface area (Å²) in [7, 11) is 0. The molecule has 2 amide bonds. The third-order valence-corrected chi connectivity index (χ3v) is 7.31. The molecule has 0 bridgehead atoms. The van der Waals surface area contributed by atoms with E-state index in [1.54, 1.807) is 18.2 Å². The fraction of sp³-hybridized carbons (Fsp3) is 0.500. The number of halogens is 1. The zero-order valence-electron chi connectivity index (χ0n) is 20.1. The van der Waals surface area contributed by atoms with Gasteiger partial charge >= 0.3 is 0 Å². The van der Waals surface area contributed by atoms with E-state index in [1.807, 2.05) is 24.0 Å². The van der Waals surface area contributed by atoms with Gasteiger partial charge in [0.2, 0.25) is 5.91 Å². The maximum absolute atomic E-state index is 14.3. The van der Waals surface area contributed by atoms with E-state index < -0.39 is 11.9 Å². The number of amides is 2. The van der Waals surface area contributed by atoms with Crippen molar-refractivity contribution in [3.05, 3.63) is 66.2 Å². The van der Waals surface area contributed by atoms with E-state index in [4.69, 9.17) is 0 Å². The molecule has 2 aliphatic carbocycles. The number of benzene rings is 1. The minimum Gasteiger partial charge on any atom is -0.307 e. The molecule has 1 aromatic carbocycles. The summed E-state index contributed by atoms with van der Waals surface area (Å²) in [6, 6.07) is 5.54. The third kappa shape index (κ3) is 5.02. The van der Waals surface area contributed by atoms with Crippen LogP contribution < -0.4 is 10.2 Å². The van der Waals surface area contributed by atoms with Gasteiger partial charge in [-0.25, -0.2) is 4.39 Å². The van der Waals surface area contributed by atoms with Gasteiger partial charge in [0.15, 0.2) is 0 Å². The Balaban J connectivity index is 1.73. The second kappa shape index (κ2) is 11.1. The average Bonchev–Trinajstić information content (AvgIpc) is 3.46. The van der Waals surface area contributed by atoms with Crippen LogP contribution in [0.25, 0.3) is 0 Å². The van der Waals surface area contributed by atoms with Crippen molar-refractivity contribution in [2.45, 2.75) is 82.8 Å². The Morgan fingerprint density at radius 1 is 1.18 bits per heavy atom. The van der Waals surface area contributed by atoms with Crippen LogP contribution in [0.3, 0.4) is 0 Å².